The average molecular weight is 282 g/mol. The summed E-state index contributed by atoms with van der Waals surface area (Å²) < 4.78 is 4.65. The number of hydrogen-bond donors (Lipinski definition) is 1. The van der Waals surface area contributed by atoms with Crippen LogP contribution in [0.2, 0.25) is 0 Å². The highest BCUT2D eigenvalue weighted by Crippen LogP contribution is 2.30. The van der Waals surface area contributed by atoms with Crippen LogP contribution >= 0.6 is 27.7 Å². The lowest BCUT2D eigenvalue weighted by Crippen LogP contribution is -2.52. The highest BCUT2D eigenvalue weighted by Gasteiger charge is 2.49. The predicted molar refractivity (Wildman–Crippen MR) is 58.6 cm³/mol. The van der Waals surface area contributed by atoms with Crippen LogP contribution in [0.1, 0.15) is 6.42 Å². The van der Waals surface area contributed by atoms with Crippen LogP contribution in [0.3, 0.4) is 0 Å². The van der Waals surface area contributed by atoms with Gasteiger partial charge in [-0.2, -0.15) is 0 Å². The third-order valence-corrected chi connectivity index (χ3v) is 3.76. The van der Waals surface area contributed by atoms with E-state index in [-0.39, 0.29) is 5.78 Å². The Bertz CT molecular complexity index is 241. The molecule has 0 aromatic heterocycles. The number of halogens is 1. The summed E-state index contributed by atoms with van der Waals surface area (Å²) >= 11 is 4.50. The van der Waals surface area contributed by atoms with Crippen molar-refractivity contribution in [2.75, 3.05) is 24.7 Å². The summed E-state index contributed by atoms with van der Waals surface area (Å²) in [6.07, 6.45) is 0.328. The van der Waals surface area contributed by atoms with Gasteiger partial charge in [-0.1, -0.05) is 15.9 Å². The summed E-state index contributed by atoms with van der Waals surface area (Å²) in [5, 5.41) is 3.49. The van der Waals surface area contributed by atoms with E-state index in [4.69, 9.17) is 0 Å². The first kappa shape index (κ1) is 12.0. The van der Waals surface area contributed by atoms with E-state index in [9.17, 15) is 9.59 Å². The zero-order valence-electron chi connectivity index (χ0n) is 7.84. The van der Waals surface area contributed by atoms with E-state index in [1.165, 1.54) is 18.9 Å². The maximum Gasteiger partial charge on any atom is 0.344 e. The summed E-state index contributed by atoms with van der Waals surface area (Å²) in [5.41, 5.74) is 0. The van der Waals surface area contributed by atoms with Crippen molar-refractivity contribution in [3.63, 3.8) is 0 Å². The molecule has 0 amide bonds. The number of carbonyl (C=O) groups excluding carboxylic acids is 2. The van der Waals surface area contributed by atoms with E-state index in [0.29, 0.717) is 18.3 Å². The second-order valence-corrected chi connectivity index (χ2v) is 4.91. The second-order valence-electron chi connectivity index (χ2n) is 2.81. The topological polar surface area (TPSA) is 55.4 Å². The maximum absolute atomic E-state index is 11.8. The minimum absolute atomic E-state index is 0.122. The number of methoxy groups -OCH3 is 1. The van der Waals surface area contributed by atoms with Gasteiger partial charge in [-0.15, -0.1) is 11.8 Å². The third kappa shape index (κ3) is 2.12. The quantitative estimate of drug-likeness (QED) is 0.463. The zero-order valence-corrected chi connectivity index (χ0v) is 10.2. The van der Waals surface area contributed by atoms with Gasteiger partial charge in [-0.3, -0.25) is 10.1 Å². The minimum atomic E-state index is -1.15. The first-order valence-electron chi connectivity index (χ1n) is 4.24. The van der Waals surface area contributed by atoms with E-state index in [2.05, 4.69) is 26.0 Å². The van der Waals surface area contributed by atoms with Crippen LogP contribution in [0.15, 0.2) is 0 Å². The molecule has 80 valence electrons. The van der Waals surface area contributed by atoms with Crippen molar-refractivity contribution in [2.45, 2.75) is 11.3 Å². The number of thioether (sulfide) groups is 1. The molecule has 4 nitrogen and oxygen atoms in total. The molecule has 0 saturated carbocycles. The fraction of sp³-hybridized carbons (Fsp3) is 0.750. The molecule has 1 aliphatic heterocycles. The molecule has 0 bridgehead atoms. The monoisotopic (exact) mass is 281 g/mol. The molecule has 0 aromatic rings. The number of carbonyl (C=O) groups is 2. The van der Waals surface area contributed by atoms with Gasteiger partial charge in [0, 0.05) is 24.0 Å². The highest BCUT2D eigenvalue weighted by molar-refractivity contribution is 9.09. The largest absolute Gasteiger partial charge is 0.467 e. The number of Topliss-reactive ketones (excluding diaryl/α,β-unsaturated/α-hetero) is 1. The van der Waals surface area contributed by atoms with Crippen molar-refractivity contribution in [3.05, 3.63) is 0 Å². The fourth-order valence-corrected chi connectivity index (χ4v) is 2.85. The highest BCUT2D eigenvalue weighted by atomic mass is 79.9. The number of alkyl halides is 1. The van der Waals surface area contributed by atoms with Crippen molar-refractivity contribution in [1.29, 1.82) is 0 Å². The predicted octanol–water partition coefficient (Wildman–Crippen LogP) is 0.546. The number of ether oxygens (including phenoxy) is 1. The van der Waals surface area contributed by atoms with Crippen LogP contribution in [0.4, 0.5) is 0 Å². The number of nitrogens with one attached hydrogen (secondary N) is 1. The molecule has 1 atom stereocenters. The van der Waals surface area contributed by atoms with Crippen LogP contribution in [-0.4, -0.2) is 41.4 Å². The lowest BCUT2D eigenvalue weighted by atomic mass is 10.1. The van der Waals surface area contributed by atoms with Crippen molar-refractivity contribution in [3.8, 4) is 0 Å². The molecule has 14 heavy (non-hydrogen) atoms. The van der Waals surface area contributed by atoms with Crippen LogP contribution in [0.5, 0.6) is 0 Å². The summed E-state index contributed by atoms with van der Waals surface area (Å²) in [5.74, 6) is 0.137. The van der Waals surface area contributed by atoms with Gasteiger partial charge >= 0.3 is 5.97 Å². The molecule has 1 unspecified atom stereocenters. The van der Waals surface area contributed by atoms with Crippen LogP contribution < -0.4 is 5.32 Å². The van der Waals surface area contributed by atoms with Gasteiger partial charge in [0.25, 0.3) is 0 Å². The molecular formula is C8H12BrNO3S. The van der Waals surface area contributed by atoms with E-state index >= 15 is 0 Å². The van der Waals surface area contributed by atoms with Crippen molar-refractivity contribution in [2.24, 2.45) is 0 Å². The Labute approximate surface area is 95.3 Å². The van der Waals surface area contributed by atoms with Crippen molar-refractivity contribution in [1.82, 2.24) is 5.32 Å². The van der Waals surface area contributed by atoms with Gasteiger partial charge in [-0.25, -0.2) is 4.79 Å². The molecule has 0 spiro atoms. The van der Waals surface area contributed by atoms with Gasteiger partial charge in [0.2, 0.25) is 4.87 Å². The Balaban J connectivity index is 2.81. The number of ketones is 1. The molecule has 0 aliphatic carbocycles. The van der Waals surface area contributed by atoms with E-state index in [0.717, 1.165) is 5.75 Å². The molecule has 1 rings (SSSR count). The number of rotatable bonds is 4. The molecule has 1 heterocycles. The number of hydrogen-bond acceptors (Lipinski definition) is 5. The average Bonchev–Trinajstić information content (AvgIpc) is 2.67. The molecule has 1 aliphatic rings. The van der Waals surface area contributed by atoms with Gasteiger partial charge in [0.1, 0.15) is 0 Å². The molecule has 1 fully saturated rings. The Morgan fingerprint density at radius 3 is 2.79 bits per heavy atom. The second kappa shape index (κ2) is 5.14. The smallest absolute Gasteiger partial charge is 0.344 e. The summed E-state index contributed by atoms with van der Waals surface area (Å²) in [6.45, 7) is 0.661. The number of esters is 1. The normalized spacial score (nSPS) is 26.1. The first-order valence-corrected chi connectivity index (χ1v) is 6.34. The lowest BCUT2D eigenvalue weighted by molar-refractivity contribution is -0.147. The van der Waals surface area contributed by atoms with E-state index < -0.39 is 10.8 Å². The van der Waals surface area contributed by atoms with Gasteiger partial charge < -0.3 is 4.74 Å². The Kier molecular flexibility index (Phi) is 4.40. The SMILES string of the molecule is COC(=O)C1(C(=O)CCBr)NCCS1. The first-order chi connectivity index (χ1) is 6.67. The standard InChI is InChI=1S/C8H12BrNO3S/c1-13-7(12)8(6(11)2-3-9)10-4-5-14-8/h10H,2-5H2,1H3. The fourth-order valence-electron chi connectivity index (χ4n) is 1.31. The Hall–Kier alpha value is -0.0700. The van der Waals surface area contributed by atoms with Gasteiger partial charge in [0.05, 0.1) is 7.11 Å². The minimum Gasteiger partial charge on any atom is -0.467 e. The van der Waals surface area contributed by atoms with Crippen LogP contribution in [0, 0.1) is 0 Å². The van der Waals surface area contributed by atoms with Crippen LogP contribution in [-0.2, 0) is 14.3 Å². The van der Waals surface area contributed by atoms with Gasteiger partial charge in [-0.05, 0) is 0 Å². The molecule has 0 aromatic carbocycles. The third-order valence-electron chi connectivity index (χ3n) is 1.98. The zero-order chi connectivity index (χ0) is 10.6. The van der Waals surface area contributed by atoms with E-state index in [1.54, 1.807) is 0 Å². The molecular weight excluding hydrogens is 270 g/mol. The van der Waals surface area contributed by atoms with E-state index in [1.807, 2.05) is 0 Å². The maximum atomic E-state index is 11.8. The van der Waals surface area contributed by atoms with Crippen LogP contribution in [0.25, 0.3) is 0 Å². The Morgan fingerprint density at radius 1 is 1.64 bits per heavy atom. The molecule has 0 radical (unpaired) electrons. The summed E-state index contributed by atoms with van der Waals surface area (Å²) in [7, 11) is 1.30. The lowest BCUT2D eigenvalue weighted by Gasteiger charge is -2.23. The van der Waals surface area contributed by atoms with Crippen molar-refractivity contribution >= 4 is 39.4 Å². The van der Waals surface area contributed by atoms with Gasteiger partial charge in [0.15, 0.2) is 5.78 Å². The molecule has 6 heteroatoms. The Morgan fingerprint density at radius 2 is 2.36 bits per heavy atom. The summed E-state index contributed by atoms with van der Waals surface area (Å²) in [6, 6.07) is 0. The molecule has 1 N–H and O–H groups in total. The summed E-state index contributed by atoms with van der Waals surface area (Å²) in [4.78, 5) is 22.1. The van der Waals surface area contributed by atoms with Crippen molar-refractivity contribution < 1.29 is 14.3 Å². The molecule has 1 saturated heterocycles.